The van der Waals surface area contributed by atoms with Crippen LogP contribution in [0.2, 0.25) is 0 Å². The summed E-state index contributed by atoms with van der Waals surface area (Å²) in [7, 11) is 1.42. The number of carbonyl (C=O) groups excluding carboxylic acids is 2. The summed E-state index contributed by atoms with van der Waals surface area (Å²) in [6.07, 6.45) is 4.72. The molecule has 1 aliphatic heterocycles. The number of aromatic nitrogens is 1. The zero-order chi connectivity index (χ0) is 29.6. The number of nitrogens with one attached hydrogen (secondary N) is 1. The molecule has 42 heavy (non-hydrogen) atoms. The number of carbonyl (C=O) groups is 2. The third-order valence-corrected chi connectivity index (χ3v) is 8.04. The van der Waals surface area contributed by atoms with Crippen LogP contribution in [0.15, 0.2) is 34.7 Å². The maximum atomic E-state index is 15.3. The van der Waals surface area contributed by atoms with Crippen molar-refractivity contribution in [1.82, 2.24) is 9.88 Å². The first-order valence-corrected chi connectivity index (χ1v) is 14.5. The molecule has 1 aliphatic carbocycles. The fourth-order valence-corrected chi connectivity index (χ4v) is 5.66. The van der Waals surface area contributed by atoms with E-state index < -0.39 is 11.6 Å². The van der Waals surface area contributed by atoms with Crippen LogP contribution in [0, 0.1) is 24.5 Å². The Morgan fingerprint density at radius 3 is 2.62 bits per heavy atom. The highest BCUT2D eigenvalue weighted by Gasteiger charge is 2.31. The van der Waals surface area contributed by atoms with Crippen molar-refractivity contribution in [3.05, 3.63) is 53.1 Å². The molecule has 2 fully saturated rings. The number of oxazole rings is 1. The molecule has 2 heterocycles. The predicted octanol–water partition coefficient (Wildman–Crippen LogP) is 5.46. The Labute approximate surface area is 243 Å². The number of methoxy groups -OCH3 is 1. The van der Waals surface area contributed by atoms with Gasteiger partial charge < -0.3 is 23.9 Å². The molecule has 1 saturated carbocycles. The van der Waals surface area contributed by atoms with E-state index in [1.54, 1.807) is 19.1 Å². The molecule has 1 atom stereocenters. The van der Waals surface area contributed by atoms with Gasteiger partial charge in [0.2, 0.25) is 0 Å². The van der Waals surface area contributed by atoms with Crippen LogP contribution in [-0.2, 0) is 30.2 Å². The zero-order valence-corrected chi connectivity index (χ0v) is 24.0. The number of hydrogen-bond acceptors (Lipinski definition) is 9. The monoisotopic (exact) mass is 585 g/mol. The normalized spacial score (nSPS) is 20.1. The molecule has 2 aliphatic rings. The van der Waals surface area contributed by atoms with Gasteiger partial charge in [0.05, 0.1) is 25.7 Å². The van der Waals surface area contributed by atoms with Crippen LogP contribution in [0.3, 0.4) is 0 Å². The molecule has 5 rings (SSSR count). The fraction of sp³-hybridized carbons (Fsp3) is 0.516. The number of ketones is 1. The van der Waals surface area contributed by atoms with Crippen LogP contribution in [0.25, 0.3) is 11.1 Å². The maximum Gasteiger partial charge on any atom is 0.308 e. The SMILES string of the molecule is COC(=O)[C@H]1CC[C@H](OC(COCC(=O)Cc2ccc3nc(Nc4cc(F)ccc4C)oc3c2F)N2CCCC2)CC1. The lowest BCUT2D eigenvalue weighted by atomic mass is 9.87. The molecule has 11 heteroatoms. The minimum atomic E-state index is -0.668. The van der Waals surface area contributed by atoms with Crippen LogP contribution in [0.5, 0.6) is 0 Å². The van der Waals surface area contributed by atoms with Gasteiger partial charge in [0.1, 0.15) is 24.2 Å². The first kappa shape index (κ1) is 30.1. The number of benzene rings is 2. The molecule has 1 N–H and O–H groups in total. The van der Waals surface area contributed by atoms with Gasteiger partial charge in [0, 0.05) is 25.2 Å². The van der Waals surface area contributed by atoms with E-state index >= 15 is 4.39 Å². The molecule has 0 bridgehead atoms. The summed E-state index contributed by atoms with van der Waals surface area (Å²) in [4.78, 5) is 31.1. The number of ether oxygens (including phenoxy) is 3. The fourth-order valence-electron chi connectivity index (χ4n) is 5.66. The van der Waals surface area contributed by atoms with E-state index in [0.717, 1.165) is 57.2 Å². The lowest BCUT2D eigenvalue weighted by Crippen LogP contribution is -2.42. The molecular weight excluding hydrogens is 548 g/mol. The number of likely N-dealkylation sites (tertiary alicyclic amines) is 1. The zero-order valence-electron chi connectivity index (χ0n) is 24.0. The molecular formula is C31H37F2N3O6. The summed E-state index contributed by atoms with van der Waals surface area (Å²) >= 11 is 0. The summed E-state index contributed by atoms with van der Waals surface area (Å²) in [6, 6.07) is 7.38. The van der Waals surface area contributed by atoms with E-state index in [-0.39, 0.29) is 72.3 Å². The van der Waals surface area contributed by atoms with Crippen LogP contribution in [0.1, 0.15) is 49.7 Å². The highest BCUT2D eigenvalue weighted by Crippen LogP contribution is 2.30. The molecule has 3 aromatic rings. The Kier molecular flexibility index (Phi) is 9.81. The number of aryl methyl sites for hydroxylation is 1. The Morgan fingerprint density at radius 1 is 1.12 bits per heavy atom. The van der Waals surface area contributed by atoms with Gasteiger partial charge in [-0.1, -0.05) is 12.1 Å². The molecule has 226 valence electrons. The largest absolute Gasteiger partial charge is 0.469 e. The Morgan fingerprint density at radius 2 is 1.88 bits per heavy atom. The molecule has 2 aromatic carbocycles. The summed E-state index contributed by atoms with van der Waals surface area (Å²) in [5, 5.41) is 2.88. The molecule has 1 saturated heterocycles. The van der Waals surface area contributed by atoms with E-state index in [4.69, 9.17) is 18.6 Å². The number of nitrogens with zero attached hydrogens (tertiary/aromatic N) is 2. The van der Waals surface area contributed by atoms with Gasteiger partial charge in [-0.25, -0.2) is 8.78 Å². The smallest absolute Gasteiger partial charge is 0.308 e. The van der Waals surface area contributed by atoms with Crippen molar-refractivity contribution in [2.75, 3.05) is 38.7 Å². The van der Waals surface area contributed by atoms with Crippen molar-refractivity contribution in [2.45, 2.75) is 64.2 Å². The molecule has 0 spiro atoms. The second kappa shape index (κ2) is 13.7. The van der Waals surface area contributed by atoms with Crippen LogP contribution in [-0.4, -0.2) is 67.4 Å². The van der Waals surface area contributed by atoms with E-state index in [0.29, 0.717) is 5.69 Å². The van der Waals surface area contributed by atoms with Gasteiger partial charge in [0.15, 0.2) is 17.2 Å². The lowest BCUT2D eigenvalue weighted by molar-refractivity contribution is -0.154. The average molecular weight is 586 g/mol. The van der Waals surface area contributed by atoms with Gasteiger partial charge in [-0.2, -0.15) is 4.98 Å². The highest BCUT2D eigenvalue weighted by atomic mass is 19.1. The van der Waals surface area contributed by atoms with E-state index in [1.807, 2.05) is 0 Å². The van der Waals surface area contributed by atoms with Crippen molar-refractivity contribution in [3.63, 3.8) is 0 Å². The number of fused-ring (bicyclic) bond motifs is 1. The summed E-state index contributed by atoms with van der Waals surface area (Å²) in [5.41, 5.74) is 1.61. The van der Waals surface area contributed by atoms with Gasteiger partial charge in [0.25, 0.3) is 6.01 Å². The second-order valence-electron chi connectivity index (χ2n) is 11.1. The summed E-state index contributed by atoms with van der Waals surface area (Å²) in [6.45, 7) is 3.64. The van der Waals surface area contributed by atoms with E-state index in [2.05, 4.69) is 15.2 Å². The Bertz CT molecular complexity index is 1400. The minimum absolute atomic E-state index is 0.0164. The minimum Gasteiger partial charge on any atom is -0.469 e. The highest BCUT2D eigenvalue weighted by molar-refractivity contribution is 5.84. The van der Waals surface area contributed by atoms with Gasteiger partial charge in [-0.15, -0.1) is 0 Å². The topological polar surface area (TPSA) is 103 Å². The number of hydrogen-bond donors (Lipinski definition) is 1. The number of esters is 1. The average Bonchev–Trinajstić information content (AvgIpc) is 3.67. The standard InChI is InChI=1S/C31H37F2N3O6/c1-19-5-9-22(32)16-26(19)35-31-34-25-12-8-21(28(33)29(25)42-31)15-23(37)17-40-18-27(36-13-3-4-14-36)41-24-10-6-20(7-11-24)30(38)39-2/h5,8-9,12,16,20,24,27H,3-4,6-7,10-11,13-15,17-18H2,1-2H3,(H,34,35)/t20-,24-,27?. The van der Waals surface area contributed by atoms with E-state index in [1.165, 1.54) is 25.3 Å². The van der Waals surface area contributed by atoms with Crippen LogP contribution < -0.4 is 5.32 Å². The van der Waals surface area contributed by atoms with Crippen molar-refractivity contribution in [3.8, 4) is 0 Å². The molecule has 1 aromatic heterocycles. The van der Waals surface area contributed by atoms with Gasteiger partial charge >= 0.3 is 5.97 Å². The molecule has 1 unspecified atom stereocenters. The van der Waals surface area contributed by atoms with Gasteiger partial charge in [-0.05, 0) is 74.8 Å². The third kappa shape index (κ3) is 7.32. The quantitative estimate of drug-likeness (QED) is 0.278. The van der Waals surface area contributed by atoms with Crippen molar-refractivity contribution in [1.29, 1.82) is 0 Å². The number of halogens is 2. The second-order valence-corrected chi connectivity index (χ2v) is 11.1. The molecule has 0 radical (unpaired) electrons. The van der Waals surface area contributed by atoms with Crippen molar-refractivity contribution >= 4 is 34.6 Å². The summed E-state index contributed by atoms with van der Waals surface area (Å²) in [5.74, 6) is -1.61. The molecule has 0 amide bonds. The summed E-state index contributed by atoms with van der Waals surface area (Å²) < 4.78 is 51.6. The van der Waals surface area contributed by atoms with Gasteiger partial charge in [-0.3, -0.25) is 14.5 Å². The first-order chi connectivity index (χ1) is 20.3. The third-order valence-electron chi connectivity index (χ3n) is 8.04. The van der Waals surface area contributed by atoms with Crippen LogP contribution in [0.4, 0.5) is 20.5 Å². The van der Waals surface area contributed by atoms with Crippen molar-refractivity contribution in [2.24, 2.45) is 5.92 Å². The number of rotatable bonds is 12. The van der Waals surface area contributed by atoms with E-state index in [9.17, 15) is 14.0 Å². The maximum absolute atomic E-state index is 15.3. The molecule has 9 nitrogen and oxygen atoms in total. The lowest BCUT2D eigenvalue weighted by Gasteiger charge is -2.34. The van der Waals surface area contributed by atoms with Crippen molar-refractivity contribution < 1.29 is 37.0 Å². The first-order valence-electron chi connectivity index (χ1n) is 14.5. The number of anilines is 2. The Hall–Kier alpha value is -3.41. The number of Topliss-reactive ketones (excluding diaryl/α,β-unsaturated/α-hetero) is 1. The van der Waals surface area contributed by atoms with Crippen LogP contribution >= 0.6 is 0 Å². The Balaban J connectivity index is 1.15. The predicted molar refractivity (Wildman–Crippen MR) is 151 cm³/mol.